The standard InChI is InChI=1S/C16H24F2N2O/c1-16(21)7-3-9-20(11-8-16)10-6-14(19)12-4-2-5-13(17)15(12)18/h2,4-5,14,21H,3,6-11,19H2,1H3. The van der Waals surface area contributed by atoms with E-state index in [1.807, 2.05) is 6.92 Å². The summed E-state index contributed by atoms with van der Waals surface area (Å²) in [6, 6.07) is 3.61. The molecule has 1 heterocycles. The molecule has 2 rings (SSSR count). The van der Waals surface area contributed by atoms with Crippen LogP contribution < -0.4 is 5.73 Å². The number of halogens is 2. The quantitative estimate of drug-likeness (QED) is 0.898. The smallest absolute Gasteiger partial charge is 0.163 e. The fourth-order valence-electron chi connectivity index (χ4n) is 2.83. The number of hydrogen-bond acceptors (Lipinski definition) is 3. The van der Waals surface area contributed by atoms with Gasteiger partial charge >= 0.3 is 0 Å². The lowest BCUT2D eigenvalue weighted by atomic mass is 9.98. The number of aliphatic hydroxyl groups is 1. The summed E-state index contributed by atoms with van der Waals surface area (Å²) < 4.78 is 26.9. The van der Waals surface area contributed by atoms with E-state index in [0.29, 0.717) is 6.42 Å². The molecule has 0 radical (unpaired) electrons. The Morgan fingerprint density at radius 1 is 1.33 bits per heavy atom. The van der Waals surface area contributed by atoms with Crippen molar-refractivity contribution in [2.75, 3.05) is 19.6 Å². The summed E-state index contributed by atoms with van der Waals surface area (Å²) >= 11 is 0. The van der Waals surface area contributed by atoms with E-state index in [1.165, 1.54) is 12.1 Å². The zero-order valence-electron chi connectivity index (χ0n) is 12.5. The van der Waals surface area contributed by atoms with Gasteiger partial charge in [0, 0.05) is 18.2 Å². The monoisotopic (exact) mass is 298 g/mol. The van der Waals surface area contributed by atoms with Crippen LogP contribution in [0.2, 0.25) is 0 Å². The fourth-order valence-corrected chi connectivity index (χ4v) is 2.83. The average Bonchev–Trinajstić information content (AvgIpc) is 2.60. The molecule has 3 N–H and O–H groups in total. The van der Waals surface area contributed by atoms with Crippen LogP contribution in [-0.2, 0) is 0 Å². The zero-order valence-corrected chi connectivity index (χ0v) is 12.5. The first kappa shape index (κ1) is 16.3. The first-order chi connectivity index (χ1) is 9.89. The van der Waals surface area contributed by atoms with Gasteiger partial charge in [-0.3, -0.25) is 0 Å². The summed E-state index contributed by atoms with van der Waals surface area (Å²) in [7, 11) is 0. The van der Waals surface area contributed by atoms with Crippen LogP contribution in [0, 0.1) is 11.6 Å². The highest BCUT2D eigenvalue weighted by molar-refractivity contribution is 5.22. The molecule has 0 saturated carbocycles. The van der Waals surface area contributed by atoms with E-state index in [2.05, 4.69) is 4.90 Å². The lowest BCUT2D eigenvalue weighted by Crippen LogP contribution is -2.30. The number of rotatable bonds is 4. The molecule has 0 bridgehead atoms. The maximum atomic E-state index is 13.7. The maximum Gasteiger partial charge on any atom is 0.163 e. The van der Waals surface area contributed by atoms with Crippen molar-refractivity contribution in [3.05, 3.63) is 35.4 Å². The number of nitrogens with zero attached hydrogens (tertiary/aromatic N) is 1. The molecule has 1 aromatic carbocycles. The second-order valence-corrected chi connectivity index (χ2v) is 6.23. The first-order valence-corrected chi connectivity index (χ1v) is 7.53. The van der Waals surface area contributed by atoms with Gasteiger partial charge in [0.1, 0.15) is 0 Å². The van der Waals surface area contributed by atoms with Gasteiger partial charge in [-0.25, -0.2) is 8.78 Å². The van der Waals surface area contributed by atoms with E-state index in [1.54, 1.807) is 0 Å². The summed E-state index contributed by atoms with van der Waals surface area (Å²) in [5, 5.41) is 10.1. The second kappa shape index (κ2) is 6.81. The van der Waals surface area contributed by atoms with Gasteiger partial charge in [0.25, 0.3) is 0 Å². The van der Waals surface area contributed by atoms with Gasteiger partial charge in [0.2, 0.25) is 0 Å². The lowest BCUT2D eigenvalue weighted by molar-refractivity contribution is 0.0446. The minimum atomic E-state index is -0.853. The Morgan fingerprint density at radius 2 is 2.10 bits per heavy atom. The Labute approximate surface area is 124 Å². The van der Waals surface area contributed by atoms with Crippen LogP contribution in [0.4, 0.5) is 8.78 Å². The van der Waals surface area contributed by atoms with E-state index in [9.17, 15) is 13.9 Å². The number of benzene rings is 1. The molecule has 0 aliphatic carbocycles. The third kappa shape index (κ3) is 4.46. The molecule has 0 spiro atoms. The normalized spacial score (nSPS) is 25.6. The number of likely N-dealkylation sites (tertiary alicyclic amines) is 1. The van der Waals surface area contributed by atoms with Gasteiger partial charge < -0.3 is 15.7 Å². The van der Waals surface area contributed by atoms with Crippen LogP contribution in [0.15, 0.2) is 18.2 Å². The maximum absolute atomic E-state index is 13.7. The van der Waals surface area contributed by atoms with Gasteiger partial charge in [-0.15, -0.1) is 0 Å². The Hall–Kier alpha value is -1.04. The first-order valence-electron chi connectivity index (χ1n) is 7.53. The molecule has 2 atom stereocenters. The van der Waals surface area contributed by atoms with Gasteiger partial charge in [-0.2, -0.15) is 0 Å². The molecular formula is C16H24F2N2O. The third-order valence-corrected chi connectivity index (χ3v) is 4.29. The Balaban J connectivity index is 1.89. The molecular weight excluding hydrogens is 274 g/mol. The molecule has 5 heteroatoms. The predicted molar refractivity (Wildman–Crippen MR) is 78.8 cm³/mol. The van der Waals surface area contributed by atoms with Gasteiger partial charge in [0.05, 0.1) is 5.60 Å². The largest absolute Gasteiger partial charge is 0.390 e. The van der Waals surface area contributed by atoms with Crippen LogP contribution >= 0.6 is 0 Å². The summed E-state index contributed by atoms with van der Waals surface area (Å²) in [6.07, 6.45) is 3.05. The molecule has 1 saturated heterocycles. The summed E-state index contributed by atoms with van der Waals surface area (Å²) in [6.45, 7) is 4.32. The molecule has 3 nitrogen and oxygen atoms in total. The van der Waals surface area contributed by atoms with Crippen molar-refractivity contribution in [2.45, 2.75) is 44.2 Å². The molecule has 1 aliphatic heterocycles. The molecule has 0 amide bonds. The Bertz CT molecular complexity index is 479. The van der Waals surface area contributed by atoms with Crippen LogP contribution in [0.25, 0.3) is 0 Å². The Kier molecular flexibility index (Phi) is 5.30. The fraction of sp³-hybridized carbons (Fsp3) is 0.625. The highest BCUT2D eigenvalue weighted by Gasteiger charge is 2.25. The molecule has 21 heavy (non-hydrogen) atoms. The zero-order chi connectivity index (χ0) is 15.5. The van der Waals surface area contributed by atoms with Crippen molar-refractivity contribution in [1.82, 2.24) is 4.90 Å². The van der Waals surface area contributed by atoms with Crippen LogP contribution in [-0.4, -0.2) is 35.2 Å². The van der Waals surface area contributed by atoms with E-state index in [-0.39, 0.29) is 5.56 Å². The molecule has 118 valence electrons. The summed E-state index contributed by atoms with van der Waals surface area (Å²) in [5.74, 6) is -1.70. The molecule has 0 aromatic heterocycles. The van der Waals surface area contributed by atoms with Gasteiger partial charge in [-0.05, 0) is 51.8 Å². The highest BCUT2D eigenvalue weighted by Crippen LogP contribution is 2.23. The number of hydrogen-bond donors (Lipinski definition) is 2. The van der Waals surface area contributed by atoms with Crippen LogP contribution in [0.3, 0.4) is 0 Å². The summed E-state index contributed by atoms with van der Waals surface area (Å²) in [4.78, 5) is 2.23. The lowest BCUT2D eigenvalue weighted by Gasteiger charge is -2.23. The van der Waals surface area contributed by atoms with Crippen molar-refractivity contribution in [3.63, 3.8) is 0 Å². The third-order valence-electron chi connectivity index (χ3n) is 4.29. The second-order valence-electron chi connectivity index (χ2n) is 6.23. The van der Waals surface area contributed by atoms with Crippen molar-refractivity contribution in [3.8, 4) is 0 Å². The summed E-state index contributed by atoms with van der Waals surface area (Å²) in [5.41, 5.74) is 5.63. The molecule has 1 fully saturated rings. The van der Waals surface area contributed by atoms with E-state index in [4.69, 9.17) is 5.73 Å². The molecule has 1 aromatic rings. The SMILES string of the molecule is CC1(O)CCCN(CCC(N)c2cccc(F)c2F)CC1. The molecule has 1 aliphatic rings. The average molecular weight is 298 g/mol. The van der Waals surface area contributed by atoms with E-state index >= 15 is 0 Å². The Morgan fingerprint density at radius 3 is 2.86 bits per heavy atom. The van der Waals surface area contributed by atoms with Crippen molar-refractivity contribution < 1.29 is 13.9 Å². The van der Waals surface area contributed by atoms with Gasteiger partial charge in [-0.1, -0.05) is 12.1 Å². The molecule has 2 unspecified atom stereocenters. The van der Waals surface area contributed by atoms with Crippen LogP contribution in [0.5, 0.6) is 0 Å². The minimum Gasteiger partial charge on any atom is -0.390 e. The topological polar surface area (TPSA) is 49.5 Å². The van der Waals surface area contributed by atoms with Crippen LogP contribution in [0.1, 0.15) is 44.2 Å². The van der Waals surface area contributed by atoms with Crippen molar-refractivity contribution >= 4 is 0 Å². The van der Waals surface area contributed by atoms with E-state index < -0.39 is 23.3 Å². The van der Waals surface area contributed by atoms with Crippen molar-refractivity contribution in [1.29, 1.82) is 0 Å². The highest BCUT2D eigenvalue weighted by atomic mass is 19.2. The number of nitrogens with two attached hydrogens (primary N) is 1. The van der Waals surface area contributed by atoms with E-state index in [0.717, 1.165) is 45.0 Å². The van der Waals surface area contributed by atoms with Gasteiger partial charge in [0.15, 0.2) is 11.6 Å². The van der Waals surface area contributed by atoms with Crippen molar-refractivity contribution in [2.24, 2.45) is 5.73 Å². The predicted octanol–water partition coefficient (Wildman–Crippen LogP) is 2.59. The minimum absolute atomic E-state index is 0.233.